The highest BCUT2D eigenvalue weighted by atomic mass is 32.2. The van der Waals surface area contributed by atoms with E-state index in [-0.39, 0.29) is 5.89 Å². The zero-order valence-electron chi connectivity index (χ0n) is 18.6. The maximum atomic E-state index is 11.8. The number of anilines is 1. The fraction of sp³-hybridized carbons (Fsp3) is 0.160. The van der Waals surface area contributed by atoms with Crippen molar-refractivity contribution in [3.8, 4) is 22.6 Å². The van der Waals surface area contributed by atoms with Gasteiger partial charge < -0.3 is 18.8 Å². The first-order chi connectivity index (χ1) is 16.4. The first kappa shape index (κ1) is 22.0. The number of hydrogen-bond donors (Lipinski definition) is 1. The molecule has 0 atom stereocenters. The number of oxazole rings is 1. The first-order valence-corrected chi connectivity index (χ1v) is 12.3. The average molecular weight is 480 g/mol. The molecule has 0 saturated carbocycles. The lowest BCUT2D eigenvalue weighted by Gasteiger charge is -2.15. The molecule has 0 aliphatic carbocycles. The Balaban J connectivity index is 1.60. The van der Waals surface area contributed by atoms with Gasteiger partial charge in [0, 0.05) is 6.54 Å². The quantitative estimate of drug-likeness (QED) is 0.322. The molecule has 8 nitrogen and oxygen atoms in total. The number of ether oxygens (including phenoxy) is 2. The van der Waals surface area contributed by atoms with Gasteiger partial charge in [-0.3, -0.25) is 4.55 Å². The van der Waals surface area contributed by atoms with Crippen molar-refractivity contribution in [1.29, 1.82) is 0 Å². The standard InChI is InChI=1S/C25H22N2O6S/c1-3-26-20-13-18(17-7-5-4-6-8-17)9-11-22(20)32-24(26)15-25-27(16-34(28,29)30)21-14-19(31-2)10-12-23(21)33-25/h4-15H,3,16H2,1-2H3/p+1. The Bertz CT molecular complexity index is 1510. The first-order valence-electron chi connectivity index (χ1n) is 10.7. The molecule has 4 aromatic rings. The third-order valence-electron chi connectivity index (χ3n) is 5.63. The van der Waals surface area contributed by atoms with E-state index in [0.717, 1.165) is 16.8 Å². The number of methoxy groups -OCH3 is 1. The lowest BCUT2D eigenvalue weighted by atomic mass is 10.0. The predicted octanol–water partition coefficient (Wildman–Crippen LogP) is 4.46. The fourth-order valence-electron chi connectivity index (χ4n) is 4.06. The van der Waals surface area contributed by atoms with Gasteiger partial charge in [0.05, 0.1) is 18.9 Å². The zero-order chi connectivity index (χ0) is 23.9. The molecular weight excluding hydrogens is 456 g/mol. The molecule has 1 aliphatic heterocycles. The highest BCUT2D eigenvalue weighted by Crippen LogP contribution is 2.42. The Morgan fingerprint density at radius 1 is 1.06 bits per heavy atom. The van der Waals surface area contributed by atoms with Gasteiger partial charge in [0.15, 0.2) is 5.75 Å². The number of nitrogens with zero attached hydrogens (tertiary/aromatic N) is 2. The SMILES string of the molecule is CCN1C(=Cc2oc3ccc(OC)cc3[n+]2CS(=O)(=O)O)Oc2ccc(-c3ccccc3)cc21. The highest BCUT2D eigenvalue weighted by Gasteiger charge is 2.31. The van der Waals surface area contributed by atoms with E-state index < -0.39 is 16.0 Å². The van der Waals surface area contributed by atoms with Crippen LogP contribution in [0.1, 0.15) is 12.8 Å². The smallest absolute Gasteiger partial charge is 0.380 e. The van der Waals surface area contributed by atoms with E-state index in [1.165, 1.54) is 11.7 Å². The molecule has 174 valence electrons. The van der Waals surface area contributed by atoms with Crippen molar-refractivity contribution in [2.24, 2.45) is 0 Å². The van der Waals surface area contributed by atoms with Crippen molar-refractivity contribution in [3.05, 3.63) is 78.5 Å². The minimum atomic E-state index is -4.34. The number of aromatic nitrogens is 1. The third-order valence-corrected chi connectivity index (χ3v) is 6.21. The normalized spacial score (nSPS) is 14.4. The molecule has 3 aromatic carbocycles. The molecule has 2 heterocycles. The summed E-state index contributed by atoms with van der Waals surface area (Å²) in [5.41, 5.74) is 3.96. The van der Waals surface area contributed by atoms with Gasteiger partial charge in [-0.2, -0.15) is 8.42 Å². The Hall–Kier alpha value is -3.82. The summed E-state index contributed by atoms with van der Waals surface area (Å²) in [6, 6.07) is 21.1. The van der Waals surface area contributed by atoms with Crippen molar-refractivity contribution < 1.29 is 31.4 Å². The summed E-state index contributed by atoms with van der Waals surface area (Å²) in [6.07, 6.45) is 1.63. The van der Waals surface area contributed by atoms with Gasteiger partial charge in [-0.1, -0.05) is 36.4 Å². The second-order valence-corrected chi connectivity index (χ2v) is 9.21. The molecule has 1 aromatic heterocycles. The molecule has 1 N–H and O–H groups in total. The highest BCUT2D eigenvalue weighted by molar-refractivity contribution is 7.84. The van der Waals surface area contributed by atoms with Crippen molar-refractivity contribution in [2.75, 3.05) is 18.6 Å². The number of benzene rings is 3. The average Bonchev–Trinajstić information content (AvgIpc) is 3.34. The molecule has 0 unspecified atom stereocenters. The molecule has 34 heavy (non-hydrogen) atoms. The Kier molecular flexibility index (Phi) is 5.51. The minimum absolute atomic E-state index is 0.213. The van der Waals surface area contributed by atoms with Crippen LogP contribution < -0.4 is 18.9 Å². The molecule has 0 saturated heterocycles. The largest absolute Gasteiger partial charge is 0.497 e. The number of hydrogen-bond acceptors (Lipinski definition) is 6. The zero-order valence-corrected chi connectivity index (χ0v) is 19.5. The second kappa shape index (κ2) is 8.51. The van der Waals surface area contributed by atoms with Gasteiger partial charge in [0.1, 0.15) is 11.8 Å². The van der Waals surface area contributed by atoms with E-state index in [2.05, 4.69) is 6.07 Å². The Labute approximate surface area is 197 Å². The summed E-state index contributed by atoms with van der Waals surface area (Å²) in [5, 5.41) is 0. The van der Waals surface area contributed by atoms with Crippen LogP contribution in [0.25, 0.3) is 28.3 Å². The summed E-state index contributed by atoms with van der Waals surface area (Å²) >= 11 is 0. The molecule has 0 amide bonds. The fourth-order valence-corrected chi connectivity index (χ4v) is 4.65. The topological polar surface area (TPSA) is 93.1 Å². The van der Waals surface area contributed by atoms with Crippen LogP contribution >= 0.6 is 0 Å². The van der Waals surface area contributed by atoms with Crippen LogP contribution in [0.3, 0.4) is 0 Å². The van der Waals surface area contributed by atoms with Gasteiger partial charge in [0.25, 0.3) is 11.4 Å². The molecule has 5 rings (SSSR count). The van der Waals surface area contributed by atoms with Crippen LogP contribution in [0, 0.1) is 0 Å². The van der Waals surface area contributed by atoms with Crippen LogP contribution in [0.4, 0.5) is 5.69 Å². The molecule has 0 fully saturated rings. The molecule has 0 spiro atoms. The van der Waals surface area contributed by atoms with Crippen LogP contribution in [0.5, 0.6) is 11.5 Å². The Morgan fingerprint density at radius 2 is 1.85 bits per heavy atom. The molecule has 1 aliphatic rings. The summed E-state index contributed by atoms with van der Waals surface area (Å²) in [6.45, 7) is 2.61. The van der Waals surface area contributed by atoms with E-state index in [1.807, 2.05) is 54.3 Å². The molecule has 9 heteroatoms. The van der Waals surface area contributed by atoms with E-state index >= 15 is 0 Å². The maximum absolute atomic E-state index is 11.8. The van der Waals surface area contributed by atoms with Gasteiger partial charge >= 0.3 is 16.0 Å². The lowest BCUT2D eigenvalue weighted by molar-refractivity contribution is -0.658. The van der Waals surface area contributed by atoms with E-state index in [0.29, 0.717) is 35.0 Å². The van der Waals surface area contributed by atoms with Gasteiger partial charge in [-0.25, -0.2) is 0 Å². The van der Waals surface area contributed by atoms with Gasteiger partial charge in [-0.05, 0) is 42.3 Å². The second-order valence-electron chi connectivity index (χ2n) is 7.79. The van der Waals surface area contributed by atoms with Crippen molar-refractivity contribution >= 4 is 33.0 Å². The van der Waals surface area contributed by atoms with Crippen LogP contribution in [-0.4, -0.2) is 26.6 Å². The van der Waals surface area contributed by atoms with Gasteiger partial charge in [-0.15, -0.1) is 4.57 Å². The summed E-state index contributed by atoms with van der Waals surface area (Å²) < 4.78 is 51.7. The number of rotatable bonds is 6. The van der Waals surface area contributed by atoms with Crippen LogP contribution in [0.15, 0.2) is 77.0 Å². The molecule has 0 radical (unpaired) electrons. The van der Waals surface area contributed by atoms with Crippen molar-refractivity contribution in [1.82, 2.24) is 0 Å². The minimum Gasteiger partial charge on any atom is -0.497 e. The van der Waals surface area contributed by atoms with E-state index in [1.54, 1.807) is 24.3 Å². The van der Waals surface area contributed by atoms with Crippen molar-refractivity contribution in [3.63, 3.8) is 0 Å². The summed E-state index contributed by atoms with van der Waals surface area (Å²) in [7, 11) is -2.83. The van der Waals surface area contributed by atoms with E-state index in [9.17, 15) is 13.0 Å². The number of fused-ring (bicyclic) bond motifs is 2. The molecular formula is C25H23N2O6S+. The predicted molar refractivity (Wildman–Crippen MR) is 128 cm³/mol. The molecule has 0 bridgehead atoms. The van der Waals surface area contributed by atoms with Crippen LogP contribution in [-0.2, 0) is 16.0 Å². The monoisotopic (exact) mass is 479 g/mol. The lowest BCUT2D eigenvalue weighted by Crippen LogP contribution is -2.39. The third kappa shape index (κ3) is 4.11. The van der Waals surface area contributed by atoms with Crippen LogP contribution in [0.2, 0.25) is 0 Å². The van der Waals surface area contributed by atoms with E-state index in [4.69, 9.17) is 13.9 Å². The van der Waals surface area contributed by atoms with Gasteiger partial charge in [0.2, 0.25) is 11.5 Å². The Morgan fingerprint density at radius 3 is 2.56 bits per heavy atom. The maximum Gasteiger partial charge on any atom is 0.380 e. The summed E-state index contributed by atoms with van der Waals surface area (Å²) in [4.78, 5) is 1.98. The van der Waals surface area contributed by atoms with Crippen molar-refractivity contribution in [2.45, 2.75) is 12.8 Å². The summed E-state index contributed by atoms with van der Waals surface area (Å²) in [5.74, 6) is 1.24.